The van der Waals surface area contributed by atoms with Crippen molar-refractivity contribution >= 4 is 0 Å². The van der Waals surface area contributed by atoms with Gasteiger partial charge in [0, 0.05) is 11.1 Å². The van der Waals surface area contributed by atoms with Crippen molar-refractivity contribution in [1.29, 1.82) is 0 Å². The molecule has 0 aromatic heterocycles. The van der Waals surface area contributed by atoms with E-state index >= 15 is 0 Å². The number of hydrogen-bond acceptors (Lipinski definition) is 2. The lowest BCUT2D eigenvalue weighted by atomic mass is 9.97. The molecule has 0 atom stereocenters. The molecule has 1 aromatic carbocycles. The van der Waals surface area contributed by atoms with Crippen molar-refractivity contribution in [2.24, 2.45) is 0 Å². The van der Waals surface area contributed by atoms with Crippen molar-refractivity contribution in [3.63, 3.8) is 0 Å². The third-order valence-corrected chi connectivity index (χ3v) is 3.04. The Morgan fingerprint density at radius 3 is 2.29 bits per heavy atom. The maximum atomic E-state index is 5.82. The van der Waals surface area contributed by atoms with Crippen LogP contribution in [-0.4, -0.2) is 19.0 Å². The summed E-state index contributed by atoms with van der Waals surface area (Å²) in [4.78, 5) is 0. The van der Waals surface area contributed by atoms with Crippen LogP contribution in [0.3, 0.4) is 0 Å². The predicted molar refractivity (Wildman–Crippen MR) is 85.7 cm³/mol. The molecule has 21 heavy (non-hydrogen) atoms. The van der Waals surface area contributed by atoms with E-state index in [9.17, 15) is 0 Å². The van der Waals surface area contributed by atoms with Crippen LogP contribution in [0.25, 0.3) is 0 Å². The largest absolute Gasteiger partial charge is 0.334 e. The Morgan fingerprint density at radius 2 is 1.76 bits per heavy atom. The van der Waals surface area contributed by atoms with E-state index in [1.165, 1.54) is 0 Å². The molecule has 1 aliphatic rings. The minimum absolute atomic E-state index is 0.518. The van der Waals surface area contributed by atoms with Crippen molar-refractivity contribution < 1.29 is 9.47 Å². The first-order valence-corrected chi connectivity index (χ1v) is 6.93. The Morgan fingerprint density at radius 1 is 1.14 bits per heavy atom. The van der Waals surface area contributed by atoms with Crippen LogP contribution in [0, 0.1) is 11.8 Å². The predicted octanol–water partition coefficient (Wildman–Crippen LogP) is 3.86. The smallest absolute Gasteiger partial charge is 0.262 e. The van der Waals surface area contributed by atoms with Crippen LogP contribution in [0.15, 0.2) is 66.3 Å². The molecule has 2 rings (SSSR count). The molecule has 108 valence electrons. The highest BCUT2D eigenvalue weighted by Crippen LogP contribution is 2.32. The van der Waals surface area contributed by atoms with Gasteiger partial charge < -0.3 is 9.47 Å². The maximum absolute atomic E-state index is 5.82. The molecule has 0 radical (unpaired) electrons. The molecular weight excluding hydrogens is 260 g/mol. The summed E-state index contributed by atoms with van der Waals surface area (Å²) >= 11 is 0. The van der Waals surface area contributed by atoms with Gasteiger partial charge in [-0.1, -0.05) is 42.9 Å². The van der Waals surface area contributed by atoms with Gasteiger partial charge in [0.2, 0.25) is 0 Å². The normalized spacial score (nSPS) is 17.0. The summed E-state index contributed by atoms with van der Waals surface area (Å²) < 4.78 is 11.6. The summed E-state index contributed by atoms with van der Waals surface area (Å²) in [5.74, 6) is 5.22. The molecule has 0 amide bonds. The number of ether oxygens (including phenoxy) is 2. The van der Waals surface area contributed by atoms with E-state index in [1.54, 1.807) is 0 Å². The van der Waals surface area contributed by atoms with Gasteiger partial charge in [0.25, 0.3) is 5.79 Å². The lowest BCUT2D eigenvalue weighted by Gasteiger charge is -2.25. The average molecular weight is 280 g/mol. The summed E-state index contributed by atoms with van der Waals surface area (Å²) in [5, 5.41) is 0. The molecule has 0 unspecified atom stereocenters. The monoisotopic (exact) mass is 280 g/mol. The summed E-state index contributed by atoms with van der Waals surface area (Å²) in [7, 11) is 0. The summed E-state index contributed by atoms with van der Waals surface area (Å²) in [6.07, 6.45) is 1.92. The average Bonchev–Trinajstić information content (AvgIpc) is 2.93. The topological polar surface area (TPSA) is 18.5 Å². The first-order chi connectivity index (χ1) is 10.0. The van der Waals surface area contributed by atoms with E-state index in [0.29, 0.717) is 13.2 Å². The van der Waals surface area contributed by atoms with Crippen molar-refractivity contribution in [3.8, 4) is 11.8 Å². The Bertz CT molecular complexity index is 621. The molecule has 1 aromatic rings. The molecule has 0 spiro atoms. The summed E-state index contributed by atoms with van der Waals surface area (Å²) in [6, 6.07) is 9.79. The van der Waals surface area contributed by atoms with E-state index in [1.807, 2.05) is 50.3 Å². The van der Waals surface area contributed by atoms with Crippen LogP contribution >= 0.6 is 0 Å². The van der Waals surface area contributed by atoms with E-state index in [0.717, 1.165) is 22.3 Å². The summed E-state index contributed by atoms with van der Waals surface area (Å²) in [5.41, 5.74) is 3.53. The number of allylic oxidation sites excluding steroid dienone is 2. The van der Waals surface area contributed by atoms with Crippen molar-refractivity contribution in [2.75, 3.05) is 13.2 Å². The molecule has 0 N–H and O–H groups in total. The van der Waals surface area contributed by atoms with E-state index in [4.69, 9.17) is 9.47 Å². The highest BCUT2D eigenvalue weighted by Gasteiger charge is 2.39. The zero-order chi connectivity index (χ0) is 15.3. The van der Waals surface area contributed by atoms with Crippen LogP contribution in [0.1, 0.15) is 19.4 Å². The molecular formula is C19H20O2. The standard InChI is InChI=1S/C19H20O2/c1-15(2)14-18(16(3)4)19(20-12-13-21-19)11-10-17-8-6-5-7-9-17/h5-9,14H,1,3,12-13H2,2,4H3/b18-14+. The van der Waals surface area contributed by atoms with Crippen molar-refractivity contribution in [2.45, 2.75) is 19.6 Å². The second kappa shape index (κ2) is 6.58. The van der Waals surface area contributed by atoms with E-state index in [2.05, 4.69) is 25.0 Å². The number of benzene rings is 1. The molecule has 2 heteroatoms. The fourth-order valence-corrected chi connectivity index (χ4v) is 2.13. The number of hydrogen-bond donors (Lipinski definition) is 0. The third-order valence-electron chi connectivity index (χ3n) is 3.04. The molecule has 1 heterocycles. The number of rotatable bonds is 3. The first-order valence-electron chi connectivity index (χ1n) is 6.93. The Balaban J connectivity index is 2.44. The van der Waals surface area contributed by atoms with Gasteiger partial charge in [-0.3, -0.25) is 0 Å². The van der Waals surface area contributed by atoms with Gasteiger partial charge in [-0.2, -0.15) is 0 Å². The van der Waals surface area contributed by atoms with Gasteiger partial charge in [-0.15, -0.1) is 0 Å². The van der Waals surface area contributed by atoms with Gasteiger partial charge in [0.1, 0.15) is 0 Å². The zero-order valence-corrected chi connectivity index (χ0v) is 12.6. The molecule has 0 bridgehead atoms. The molecule has 1 fully saturated rings. The fraction of sp³-hybridized carbons (Fsp3) is 0.263. The highest BCUT2D eigenvalue weighted by atomic mass is 16.7. The van der Waals surface area contributed by atoms with Crippen LogP contribution in [-0.2, 0) is 9.47 Å². The third kappa shape index (κ3) is 3.72. The fourth-order valence-electron chi connectivity index (χ4n) is 2.13. The first kappa shape index (κ1) is 15.3. The lowest BCUT2D eigenvalue weighted by molar-refractivity contribution is -0.0737. The van der Waals surface area contributed by atoms with Gasteiger partial charge in [-0.05, 0) is 43.5 Å². The van der Waals surface area contributed by atoms with Crippen LogP contribution < -0.4 is 0 Å². The van der Waals surface area contributed by atoms with E-state index in [-0.39, 0.29) is 0 Å². The SMILES string of the molecule is C=C(C)/C=C(\C(=C)C)C1(C#Cc2ccccc2)OCCO1. The van der Waals surface area contributed by atoms with Crippen LogP contribution in [0.5, 0.6) is 0 Å². The minimum atomic E-state index is -1.04. The minimum Gasteiger partial charge on any atom is -0.334 e. The second-order valence-electron chi connectivity index (χ2n) is 5.11. The Labute approximate surface area is 126 Å². The molecule has 2 nitrogen and oxygen atoms in total. The van der Waals surface area contributed by atoms with Crippen molar-refractivity contribution in [3.05, 3.63) is 71.8 Å². The van der Waals surface area contributed by atoms with E-state index < -0.39 is 5.79 Å². The Hall–Kier alpha value is -2.08. The van der Waals surface area contributed by atoms with Gasteiger partial charge in [0.15, 0.2) is 0 Å². The van der Waals surface area contributed by atoms with Gasteiger partial charge in [-0.25, -0.2) is 0 Å². The highest BCUT2D eigenvalue weighted by molar-refractivity contribution is 5.47. The lowest BCUT2D eigenvalue weighted by Crippen LogP contribution is -2.31. The van der Waals surface area contributed by atoms with Crippen molar-refractivity contribution in [1.82, 2.24) is 0 Å². The Kier molecular flexibility index (Phi) is 4.80. The van der Waals surface area contributed by atoms with Crippen LogP contribution in [0.2, 0.25) is 0 Å². The zero-order valence-electron chi connectivity index (χ0n) is 12.6. The molecule has 0 saturated carbocycles. The van der Waals surface area contributed by atoms with Gasteiger partial charge >= 0.3 is 0 Å². The quantitative estimate of drug-likeness (QED) is 0.618. The van der Waals surface area contributed by atoms with Crippen LogP contribution in [0.4, 0.5) is 0 Å². The molecule has 1 saturated heterocycles. The maximum Gasteiger partial charge on any atom is 0.262 e. The molecule has 1 aliphatic heterocycles. The van der Waals surface area contributed by atoms with Gasteiger partial charge in [0.05, 0.1) is 13.2 Å². The second-order valence-corrected chi connectivity index (χ2v) is 5.11. The summed E-state index contributed by atoms with van der Waals surface area (Å²) in [6.45, 7) is 12.8. The molecule has 0 aliphatic carbocycles.